The second-order valence-corrected chi connectivity index (χ2v) is 6.28. The number of carbonyl (C=O) groups excluding carboxylic acids is 1. The summed E-state index contributed by atoms with van der Waals surface area (Å²) in [5, 5.41) is 3.35. The summed E-state index contributed by atoms with van der Waals surface area (Å²) in [5.41, 5.74) is 3.55. The van der Waals surface area contributed by atoms with Crippen molar-refractivity contribution in [3.8, 4) is 0 Å². The number of hydrogen-bond donors (Lipinski definition) is 1. The molecule has 0 heterocycles. The van der Waals surface area contributed by atoms with Crippen molar-refractivity contribution in [3.63, 3.8) is 0 Å². The van der Waals surface area contributed by atoms with Crippen LogP contribution in [-0.2, 0) is 11.3 Å². The van der Waals surface area contributed by atoms with Crippen LogP contribution in [0.3, 0.4) is 0 Å². The van der Waals surface area contributed by atoms with Gasteiger partial charge in [-0.1, -0.05) is 12.1 Å². The molecular weight excluding hydrogens is 398 g/mol. The van der Waals surface area contributed by atoms with Gasteiger partial charge >= 0.3 is 5.97 Å². The topological polar surface area (TPSA) is 38.3 Å². The van der Waals surface area contributed by atoms with Crippen LogP contribution >= 0.6 is 31.9 Å². The lowest BCUT2D eigenvalue weighted by Crippen LogP contribution is -2.07. The molecule has 0 atom stereocenters. The maximum atomic E-state index is 11.7. The number of carbonyl (C=O) groups is 1. The number of ether oxygens (including phenoxy) is 1. The predicted molar refractivity (Wildman–Crippen MR) is 91.7 cm³/mol. The molecule has 0 unspecified atom stereocenters. The van der Waals surface area contributed by atoms with Crippen LogP contribution in [0.5, 0.6) is 0 Å². The molecule has 5 heteroatoms. The summed E-state index contributed by atoms with van der Waals surface area (Å²) in [4.78, 5) is 11.7. The minimum absolute atomic E-state index is 0.317. The van der Waals surface area contributed by atoms with Crippen LogP contribution in [0.15, 0.2) is 45.3 Å². The van der Waals surface area contributed by atoms with E-state index in [9.17, 15) is 4.79 Å². The highest BCUT2D eigenvalue weighted by molar-refractivity contribution is 9.13. The third-order valence-electron chi connectivity index (χ3n) is 3.21. The molecule has 2 aromatic carbocycles. The number of methoxy groups -OCH3 is 1. The van der Waals surface area contributed by atoms with Gasteiger partial charge in [0, 0.05) is 21.2 Å². The van der Waals surface area contributed by atoms with E-state index in [0.29, 0.717) is 12.1 Å². The summed E-state index contributed by atoms with van der Waals surface area (Å²) in [7, 11) is 1.39. The smallest absolute Gasteiger partial charge is 0.338 e. The summed E-state index contributed by atoms with van der Waals surface area (Å²) in [6.45, 7) is 2.59. The lowest BCUT2D eigenvalue weighted by Gasteiger charge is -2.12. The third-order valence-corrected chi connectivity index (χ3v) is 5.09. The van der Waals surface area contributed by atoms with E-state index in [4.69, 9.17) is 4.74 Å². The van der Waals surface area contributed by atoms with E-state index < -0.39 is 0 Å². The fraction of sp³-hybridized carbons (Fsp3) is 0.188. The highest BCUT2D eigenvalue weighted by Gasteiger charge is 2.11. The van der Waals surface area contributed by atoms with Gasteiger partial charge in [0.05, 0.1) is 12.7 Å². The number of esters is 1. The van der Waals surface area contributed by atoms with Gasteiger partial charge in [0.1, 0.15) is 0 Å². The highest BCUT2D eigenvalue weighted by Crippen LogP contribution is 2.25. The van der Waals surface area contributed by atoms with Crippen LogP contribution in [0, 0.1) is 6.92 Å². The number of halogens is 2. The number of hydrogen-bond acceptors (Lipinski definition) is 3. The van der Waals surface area contributed by atoms with Crippen LogP contribution in [0.4, 0.5) is 5.69 Å². The third kappa shape index (κ3) is 3.86. The van der Waals surface area contributed by atoms with Crippen molar-refractivity contribution in [2.24, 2.45) is 0 Å². The zero-order valence-corrected chi connectivity index (χ0v) is 14.9. The summed E-state index contributed by atoms with van der Waals surface area (Å²) in [5.74, 6) is -0.317. The van der Waals surface area contributed by atoms with Gasteiger partial charge in [-0.2, -0.15) is 0 Å². The van der Waals surface area contributed by atoms with Crippen LogP contribution < -0.4 is 5.32 Å². The van der Waals surface area contributed by atoms with E-state index in [1.54, 1.807) is 6.07 Å². The zero-order valence-electron chi connectivity index (χ0n) is 11.7. The highest BCUT2D eigenvalue weighted by atomic mass is 79.9. The molecule has 0 radical (unpaired) electrons. The minimum Gasteiger partial charge on any atom is -0.465 e. The molecule has 0 amide bonds. The van der Waals surface area contributed by atoms with E-state index in [1.807, 2.05) is 31.2 Å². The Hall–Kier alpha value is -1.33. The zero-order chi connectivity index (χ0) is 15.4. The second kappa shape index (κ2) is 7.09. The standard InChI is InChI=1S/C16H15Br2NO2/c1-10-12(16(20)21-2)4-3-5-15(10)19-9-11-6-7-13(17)14(18)8-11/h3-8,19H,9H2,1-2H3. The Morgan fingerprint density at radius 1 is 1.19 bits per heavy atom. The van der Waals surface area contributed by atoms with Gasteiger partial charge in [-0.25, -0.2) is 4.79 Å². The molecule has 2 aromatic rings. The monoisotopic (exact) mass is 411 g/mol. The Kier molecular flexibility index (Phi) is 5.42. The molecule has 0 aliphatic carbocycles. The Morgan fingerprint density at radius 3 is 2.62 bits per heavy atom. The normalized spacial score (nSPS) is 10.3. The van der Waals surface area contributed by atoms with E-state index in [-0.39, 0.29) is 5.97 Å². The molecule has 0 aliphatic heterocycles. The Balaban J connectivity index is 2.16. The van der Waals surface area contributed by atoms with Crippen LogP contribution in [0.25, 0.3) is 0 Å². The average molecular weight is 413 g/mol. The van der Waals surface area contributed by atoms with Gasteiger partial charge in [-0.05, 0) is 74.2 Å². The molecule has 0 spiro atoms. The van der Waals surface area contributed by atoms with Crippen molar-refractivity contribution in [3.05, 3.63) is 62.0 Å². The molecule has 0 bridgehead atoms. The van der Waals surface area contributed by atoms with Crippen molar-refractivity contribution in [1.29, 1.82) is 0 Å². The fourth-order valence-corrected chi connectivity index (χ4v) is 2.68. The maximum Gasteiger partial charge on any atom is 0.338 e. The average Bonchev–Trinajstić information content (AvgIpc) is 2.49. The van der Waals surface area contributed by atoms with Crippen LogP contribution in [-0.4, -0.2) is 13.1 Å². The second-order valence-electron chi connectivity index (χ2n) is 4.57. The molecule has 0 aromatic heterocycles. The Bertz CT molecular complexity index is 671. The molecule has 0 aliphatic rings. The van der Waals surface area contributed by atoms with E-state index in [1.165, 1.54) is 7.11 Å². The summed E-state index contributed by atoms with van der Waals surface area (Å²) < 4.78 is 6.82. The van der Waals surface area contributed by atoms with Crippen molar-refractivity contribution >= 4 is 43.5 Å². The maximum absolute atomic E-state index is 11.7. The molecule has 110 valence electrons. The molecule has 0 saturated carbocycles. The largest absolute Gasteiger partial charge is 0.465 e. The summed E-state index contributed by atoms with van der Waals surface area (Å²) in [6.07, 6.45) is 0. The van der Waals surface area contributed by atoms with Crippen molar-refractivity contribution < 1.29 is 9.53 Å². The molecule has 21 heavy (non-hydrogen) atoms. The van der Waals surface area contributed by atoms with E-state index >= 15 is 0 Å². The van der Waals surface area contributed by atoms with Crippen molar-refractivity contribution in [1.82, 2.24) is 0 Å². The van der Waals surface area contributed by atoms with Gasteiger partial charge in [0.15, 0.2) is 0 Å². The molecule has 1 N–H and O–H groups in total. The van der Waals surface area contributed by atoms with E-state index in [2.05, 4.69) is 43.2 Å². The fourth-order valence-electron chi connectivity index (χ4n) is 2.01. The first-order valence-electron chi connectivity index (χ1n) is 6.38. The lowest BCUT2D eigenvalue weighted by molar-refractivity contribution is 0.0600. The van der Waals surface area contributed by atoms with Gasteiger partial charge in [-0.15, -0.1) is 0 Å². The lowest BCUT2D eigenvalue weighted by atomic mass is 10.1. The first-order valence-corrected chi connectivity index (χ1v) is 7.97. The number of anilines is 1. The van der Waals surface area contributed by atoms with Gasteiger partial charge in [0.25, 0.3) is 0 Å². The Labute approximate surface area is 141 Å². The van der Waals surface area contributed by atoms with Crippen molar-refractivity contribution in [2.75, 3.05) is 12.4 Å². The van der Waals surface area contributed by atoms with Crippen LogP contribution in [0.1, 0.15) is 21.5 Å². The van der Waals surface area contributed by atoms with Gasteiger partial charge in [-0.3, -0.25) is 0 Å². The number of nitrogens with one attached hydrogen (secondary N) is 1. The minimum atomic E-state index is -0.317. The molecule has 2 rings (SSSR count). The Morgan fingerprint density at radius 2 is 1.95 bits per heavy atom. The predicted octanol–water partition coefficient (Wildman–Crippen LogP) is 4.92. The van der Waals surface area contributed by atoms with Crippen LogP contribution in [0.2, 0.25) is 0 Å². The SMILES string of the molecule is COC(=O)c1cccc(NCc2ccc(Br)c(Br)c2)c1C. The molecule has 3 nitrogen and oxygen atoms in total. The van der Waals surface area contributed by atoms with E-state index in [0.717, 1.165) is 25.8 Å². The van der Waals surface area contributed by atoms with Gasteiger partial charge in [0.2, 0.25) is 0 Å². The summed E-state index contributed by atoms with van der Waals surface area (Å²) in [6, 6.07) is 11.7. The van der Waals surface area contributed by atoms with Gasteiger partial charge < -0.3 is 10.1 Å². The number of benzene rings is 2. The summed E-state index contributed by atoms with van der Waals surface area (Å²) >= 11 is 6.94. The first-order chi connectivity index (χ1) is 10.0. The molecular formula is C16H15Br2NO2. The molecule has 0 fully saturated rings. The quantitative estimate of drug-likeness (QED) is 0.724. The van der Waals surface area contributed by atoms with Crippen molar-refractivity contribution in [2.45, 2.75) is 13.5 Å². The number of rotatable bonds is 4. The first kappa shape index (κ1) is 16.0. The molecule has 0 saturated heterocycles.